The number of ether oxygens (including phenoxy) is 1. The largest absolute Gasteiger partial charge is 0.622 e. The lowest BCUT2D eigenvalue weighted by Gasteiger charge is -2.40. The van der Waals surface area contributed by atoms with Crippen LogP contribution in [0.5, 0.6) is 0 Å². The van der Waals surface area contributed by atoms with Gasteiger partial charge in [0.2, 0.25) is 5.91 Å². The van der Waals surface area contributed by atoms with Crippen molar-refractivity contribution < 1.29 is 33.2 Å². The summed E-state index contributed by atoms with van der Waals surface area (Å²) in [5.41, 5.74) is 0.875. The molecule has 13 heteroatoms. The number of carbonyl (C=O) groups excluding carboxylic acids is 4. The molecule has 2 fully saturated rings. The molecule has 4 rings (SSSR count). The minimum Gasteiger partial charge on any atom is -0.497 e. The highest BCUT2D eigenvalue weighted by Gasteiger charge is 2.48. The van der Waals surface area contributed by atoms with E-state index in [1.807, 2.05) is 44.2 Å². The SMILES string of the molecule is CC(C)CC(NC(=O)C(Cc1ccccc1)NC(=O)c1cnccn1)B1OC(=O)[C@H]2COC[C@H](C(=O)O1)N2C. The molecule has 3 heterocycles. The van der Waals surface area contributed by atoms with Gasteiger partial charge in [0.1, 0.15) is 23.8 Å². The quantitative estimate of drug-likeness (QED) is 0.424. The van der Waals surface area contributed by atoms with E-state index in [1.54, 1.807) is 11.9 Å². The van der Waals surface area contributed by atoms with Crippen LogP contribution in [-0.2, 0) is 34.9 Å². The minimum atomic E-state index is -1.35. The topological polar surface area (TPSA) is 149 Å². The fraction of sp³-hybridized carbons (Fsp3) is 0.462. The smallest absolute Gasteiger partial charge is 0.497 e. The van der Waals surface area contributed by atoms with Gasteiger partial charge in [0, 0.05) is 18.8 Å². The van der Waals surface area contributed by atoms with Crippen LogP contribution in [0.3, 0.4) is 0 Å². The fourth-order valence-electron chi connectivity index (χ4n) is 4.52. The maximum absolute atomic E-state index is 13.6. The first kappa shape index (κ1) is 28.2. The summed E-state index contributed by atoms with van der Waals surface area (Å²) in [6.45, 7) is 4.03. The fourth-order valence-corrected chi connectivity index (χ4v) is 4.52. The van der Waals surface area contributed by atoms with Gasteiger partial charge in [-0.25, -0.2) is 4.98 Å². The molecule has 1 aromatic carbocycles. The van der Waals surface area contributed by atoms with Gasteiger partial charge in [0.25, 0.3) is 5.91 Å². The molecule has 0 radical (unpaired) electrons. The number of aromatic nitrogens is 2. The average molecular weight is 537 g/mol. The first-order valence-electron chi connectivity index (χ1n) is 12.8. The molecule has 0 spiro atoms. The Balaban J connectivity index is 1.56. The third-order valence-electron chi connectivity index (χ3n) is 6.63. The Morgan fingerprint density at radius 1 is 1.05 bits per heavy atom. The van der Waals surface area contributed by atoms with Gasteiger partial charge in [-0.05, 0) is 24.9 Å². The summed E-state index contributed by atoms with van der Waals surface area (Å²) in [6, 6.07) is 6.66. The highest BCUT2D eigenvalue weighted by molar-refractivity contribution is 6.51. The summed E-state index contributed by atoms with van der Waals surface area (Å²) in [4.78, 5) is 61.9. The van der Waals surface area contributed by atoms with Gasteiger partial charge in [-0.15, -0.1) is 0 Å². The van der Waals surface area contributed by atoms with Crippen molar-refractivity contribution in [3.8, 4) is 0 Å². The minimum absolute atomic E-state index is 0.0467. The Morgan fingerprint density at radius 3 is 2.31 bits per heavy atom. The number of amides is 2. The highest BCUT2D eigenvalue weighted by atomic mass is 16.6. The monoisotopic (exact) mass is 537 g/mol. The Morgan fingerprint density at radius 2 is 1.72 bits per heavy atom. The van der Waals surface area contributed by atoms with Crippen molar-refractivity contribution in [2.45, 2.75) is 50.8 Å². The maximum atomic E-state index is 13.6. The van der Waals surface area contributed by atoms with E-state index in [4.69, 9.17) is 14.0 Å². The number of likely N-dealkylation sites (N-methyl/N-ethyl adjacent to an activating group) is 1. The number of nitrogens with one attached hydrogen (secondary N) is 2. The van der Waals surface area contributed by atoms with Crippen LogP contribution in [0.1, 0.15) is 36.3 Å². The first-order chi connectivity index (χ1) is 18.7. The number of carbonyl (C=O) groups is 4. The predicted molar refractivity (Wildman–Crippen MR) is 139 cm³/mol. The second kappa shape index (κ2) is 12.8. The summed E-state index contributed by atoms with van der Waals surface area (Å²) in [6.07, 6.45) is 4.66. The van der Waals surface area contributed by atoms with E-state index in [2.05, 4.69) is 20.6 Å². The van der Waals surface area contributed by atoms with Crippen LogP contribution < -0.4 is 10.6 Å². The Hall–Kier alpha value is -3.84. The van der Waals surface area contributed by atoms with Crippen molar-refractivity contribution in [1.29, 1.82) is 0 Å². The lowest BCUT2D eigenvalue weighted by Crippen LogP contribution is -2.64. The molecule has 12 nitrogen and oxygen atoms in total. The molecule has 1 aromatic heterocycles. The molecule has 2 aromatic rings. The van der Waals surface area contributed by atoms with Crippen LogP contribution in [0.15, 0.2) is 48.9 Å². The number of benzene rings is 1. The molecule has 2 aliphatic rings. The van der Waals surface area contributed by atoms with Crippen molar-refractivity contribution in [1.82, 2.24) is 25.5 Å². The molecule has 0 saturated carbocycles. The number of hydrogen-bond donors (Lipinski definition) is 2. The van der Waals surface area contributed by atoms with Crippen LogP contribution in [0.25, 0.3) is 0 Å². The molecule has 0 aliphatic carbocycles. The summed E-state index contributed by atoms with van der Waals surface area (Å²) >= 11 is 0. The van der Waals surface area contributed by atoms with Gasteiger partial charge in [-0.1, -0.05) is 44.2 Å². The highest BCUT2D eigenvalue weighted by Crippen LogP contribution is 2.21. The molecule has 2 bridgehead atoms. The molecule has 2 unspecified atom stereocenters. The van der Waals surface area contributed by atoms with Crippen LogP contribution >= 0.6 is 0 Å². The van der Waals surface area contributed by atoms with E-state index in [1.165, 1.54) is 18.6 Å². The van der Waals surface area contributed by atoms with Crippen LogP contribution in [0.4, 0.5) is 0 Å². The lowest BCUT2D eigenvalue weighted by molar-refractivity contribution is -0.166. The average Bonchev–Trinajstić information content (AvgIpc) is 2.92. The Bertz CT molecular complexity index is 1140. The summed E-state index contributed by atoms with van der Waals surface area (Å²) < 4.78 is 16.6. The van der Waals surface area contributed by atoms with Gasteiger partial charge in [0.15, 0.2) is 0 Å². The maximum Gasteiger partial charge on any atom is 0.622 e. The van der Waals surface area contributed by atoms with Gasteiger partial charge in [-0.2, -0.15) is 0 Å². The Kier molecular flexibility index (Phi) is 9.26. The number of rotatable bonds is 9. The third kappa shape index (κ3) is 7.18. The van der Waals surface area contributed by atoms with Gasteiger partial charge in [0.05, 0.1) is 25.4 Å². The van der Waals surface area contributed by atoms with Gasteiger partial charge < -0.3 is 24.7 Å². The van der Waals surface area contributed by atoms with Crippen molar-refractivity contribution in [2.24, 2.45) is 5.92 Å². The van der Waals surface area contributed by atoms with E-state index < -0.39 is 54.9 Å². The van der Waals surface area contributed by atoms with E-state index in [0.717, 1.165) is 5.56 Å². The summed E-state index contributed by atoms with van der Waals surface area (Å²) in [5, 5.41) is 5.60. The van der Waals surface area contributed by atoms with Crippen molar-refractivity contribution in [3.63, 3.8) is 0 Å². The van der Waals surface area contributed by atoms with E-state index in [9.17, 15) is 19.2 Å². The molecule has 206 valence electrons. The standard InChI is InChI=1S/C26H32BN5O7/c1-16(2)11-22(27-38-25(35)20-14-37-15-21(32(20)3)26(36)39-27)31-23(33)18(12-17-7-5-4-6-8-17)30-24(34)19-13-28-9-10-29-19/h4-10,13,16,18,20-22H,11-12,14-15H2,1-3H3,(H,30,34)(H,31,33)/t18?,20-,21-,22?/m1/s1. The summed E-state index contributed by atoms with van der Waals surface area (Å²) in [7, 11) is 0.295. The summed E-state index contributed by atoms with van der Waals surface area (Å²) in [5.74, 6) is -3.14. The number of nitrogens with zero attached hydrogens (tertiary/aromatic N) is 3. The molecule has 2 aliphatic heterocycles. The van der Waals surface area contributed by atoms with Crippen molar-refractivity contribution in [2.75, 3.05) is 20.3 Å². The van der Waals surface area contributed by atoms with Crippen LogP contribution in [-0.4, -0.2) is 90.1 Å². The number of morpholine rings is 1. The van der Waals surface area contributed by atoms with Gasteiger partial charge >= 0.3 is 19.1 Å². The number of fused-ring (bicyclic) bond motifs is 2. The zero-order valence-electron chi connectivity index (χ0n) is 22.1. The predicted octanol–water partition coefficient (Wildman–Crippen LogP) is 0.175. The second-order valence-corrected chi connectivity index (χ2v) is 10.0. The molecule has 2 amide bonds. The van der Waals surface area contributed by atoms with E-state index in [-0.39, 0.29) is 31.2 Å². The number of hydrogen-bond acceptors (Lipinski definition) is 10. The third-order valence-corrected chi connectivity index (χ3v) is 6.63. The van der Waals surface area contributed by atoms with E-state index >= 15 is 0 Å². The molecule has 2 saturated heterocycles. The van der Waals surface area contributed by atoms with Crippen LogP contribution in [0.2, 0.25) is 0 Å². The zero-order valence-corrected chi connectivity index (χ0v) is 22.1. The molecular weight excluding hydrogens is 505 g/mol. The molecule has 4 atom stereocenters. The Labute approximate surface area is 226 Å². The molecule has 39 heavy (non-hydrogen) atoms. The zero-order chi connectivity index (χ0) is 27.9. The van der Waals surface area contributed by atoms with E-state index in [0.29, 0.717) is 6.42 Å². The lowest BCUT2D eigenvalue weighted by atomic mass is 9.73. The first-order valence-corrected chi connectivity index (χ1v) is 12.8. The van der Waals surface area contributed by atoms with Crippen LogP contribution in [0, 0.1) is 5.92 Å². The normalized spacial score (nSPS) is 21.2. The molecular formula is C26H32BN5O7. The van der Waals surface area contributed by atoms with Gasteiger partial charge in [-0.3, -0.25) is 29.1 Å². The second-order valence-electron chi connectivity index (χ2n) is 10.0. The van der Waals surface area contributed by atoms with Crippen molar-refractivity contribution in [3.05, 3.63) is 60.2 Å². The molecule has 2 N–H and O–H groups in total. The van der Waals surface area contributed by atoms with Crippen molar-refractivity contribution >= 4 is 30.9 Å².